The summed E-state index contributed by atoms with van der Waals surface area (Å²) < 4.78 is 45.9. The van der Waals surface area contributed by atoms with Crippen LogP contribution in [0.5, 0.6) is 5.75 Å². The molecule has 3 atom stereocenters. The molecule has 0 aliphatic rings. The van der Waals surface area contributed by atoms with Gasteiger partial charge in [-0.3, -0.25) is 5.32 Å². The van der Waals surface area contributed by atoms with Gasteiger partial charge >= 0.3 is 6.09 Å². The van der Waals surface area contributed by atoms with Crippen LogP contribution < -0.4 is 14.8 Å². The molecule has 200 valence electrons. The lowest BCUT2D eigenvalue weighted by molar-refractivity contribution is -0.0496. The molecule has 2 aromatic rings. The zero-order chi connectivity index (χ0) is 27.0. The lowest BCUT2D eigenvalue weighted by atomic mass is 9.95. The largest absolute Gasteiger partial charge is 0.497 e. The van der Waals surface area contributed by atoms with Crippen LogP contribution in [0, 0.1) is 0 Å². The fourth-order valence-electron chi connectivity index (χ4n) is 3.35. The van der Waals surface area contributed by atoms with E-state index in [1.807, 2.05) is 19.9 Å². The molecule has 2 aromatic carbocycles. The molecule has 0 fully saturated rings. The van der Waals surface area contributed by atoms with Crippen LogP contribution in [0.1, 0.15) is 46.6 Å². The molecule has 2 rings (SSSR count). The van der Waals surface area contributed by atoms with Gasteiger partial charge in [-0.15, -0.1) is 0 Å². The van der Waals surface area contributed by atoms with Gasteiger partial charge in [-0.2, -0.15) is 4.72 Å². The number of hydrogen-bond acceptors (Lipinski definition) is 7. The molecule has 0 spiro atoms. The maximum absolute atomic E-state index is 13.5. The predicted molar refractivity (Wildman–Crippen MR) is 137 cm³/mol. The van der Waals surface area contributed by atoms with Gasteiger partial charge in [0.05, 0.1) is 24.7 Å². The van der Waals surface area contributed by atoms with Crippen LogP contribution in [-0.4, -0.2) is 56.8 Å². The van der Waals surface area contributed by atoms with E-state index in [4.69, 9.17) is 14.2 Å². The summed E-state index contributed by atoms with van der Waals surface area (Å²) in [6, 6.07) is 14.7. The third-order valence-electron chi connectivity index (χ3n) is 5.42. The number of amides is 1. The molecule has 10 heteroatoms. The molecule has 0 aliphatic carbocycles. The number of ether oxygens (including phenoxy) is 3. The molecule has 0 saturated carbocycles. The van der Waals surface area contributed by atoms with Gasteiger partial charge < -0.3 is 19.3 Å². The summed E-state index contributed by atoms with van der Waals surface area (Å²) >= 11 is 0. The van der Waals surface area contributed by atoms with Gasteiger partial charge in [-0.1, -0.05) is 37.3 Å². The minimum Gasteiger partial charge on any atom is -0.497 e. The molecular weight excluding hydrogens is 484 g/mol. The van der Waals surface area contributed by atoms with Crippen LogP contribution in [0.4, 0.5) is 4.79 Å². The summed E-state index contributed by atoms with van der Waals surface area (Å²) in [4.78, 5) is 12.9. The summed E-state index contributed by atoms with van der Waals surface area (Å²) in [7, 11) is -2.76. The Labute approximate surface area is 214 Å². The monoisotopic (exact) mass is 522 g/mol. The first-order valence-corrected chi connectivity index (χ1v) is 13.3. The number of alkyl carbamates (subject to hydrolysis) is 1. The van der Waals surface area contributed by atoms with Crippen LogP contribution in [0.15, 0.2) is 59.5 Å². The maximum Gasteiger partial charge on any atom is 0.409 e. The average molecular weight is 523 g/mol. The van der Waals surface area contributed by atoms with Gasteiger partial charge in [0.25, 0.3) is 0 Å². The number of hydrogen-bond donors (Lipinski definition) is 3. The van der Waals surface area contributed by atoms with Gasteiger partial charge in [0, 0.05) is 6.42 Å². The van der Waals surface area contributed by atoms with Gasteiger partial charge in [0.2, 0.25) is 10.0 Å². The lowest BCUT2D eigenvalue weighted by Gasteiger charge is -2.39. The van der Waals surface area contributed by atoms with Crippen molar-refractivity contribution in [2.45, 2.75) is 75.8 Å². The molecule has 0 radical (unpaired) electrons. The topological polar surface area (TPSA) is 123 Å². The summed E-state index contributed by atoms with van der Waals surface area (Å²) in [5.41, 5.74) is -2.07. The highest BCUT2D eigenvalue weighted by Crippen LogP contribution is 2.23. The number of methoxy groups -OCH3 is 1. The van der Waals surface area contributed by atoms with Gasteiger partial charge in [0.1, 0.15) is 23.1 Å². The normalized spacial score (nSPS) is 15.4. The Morgan fingerprint density at radius 3 is 2.19 bits per heavy atom. The van der Waals surface area contributed by atoms with Crippen molar-refractivity contribution in [3.05, 3.63) is 60.2 Å². The van der Waals surface area contributed by atoms with Crippen molar-refractivity contribution < 1.29 is 32.5 Å². The Balaban J connectivity index is 2.55. The predicted octanol–water partition coefficient (Wildman–Crippen LogP) is 3.61. The first-order chi connectivity index (χ1) is 16.8. The zero-order valence-corrected chi connectivity index (χ0v) is 22.6. The van der Waals surface area contributed by atoms with Gasteiger partial charge in [0.15, 0.2) is 0 Å². The third kappa shape index (κ3) is 8.77. The summed E-state index contributed by atoms with van der Waals surface area (Å²) in [6.07, 6.45) is -1.93. The van der Waals surface area contributed by atoms with Crippen molar-refractivity contribution in [3.63, 3.8) is 0 Å². The van der Waals surface area contributed by atoms with E-state index in [1.54, 1.807) is 45.0 Å². The highest BCUT2D eigenvalue weighted by molar-refractivity contribution is 7.89. The van der Waals surface area contributed by atoms with Gasteiger partial charge in [-0.25, -0.2) is 13.2 Å². The number of aliphatic hydroxyl groups excluding tert-OH is 1. The highest BCUT2D eigenvalue weighted by Gasteiger charge is 2.45. The van der Waals surface area contributed by atoms with Crippen LogP contribution in [0.3, 0.4) is 0 Å². The van der Waals surface area contributed by atoms with E-state index in [0.29, 0.717) is 17.7 Å². The molecule has 3 unspecified atom stereocenters. The van der Waals surface area contributed by atoms with Crippen molar-refractivity contribution in [3.8, 4) is 5.75 Å². The maximum atomic E-state index is 13.5. The van der Waals surface area contributed by atoms with E-state index in [2.05, 4.69) is 10.0 Å². The first-order valence-electron chi connectivity index (χ1n) is 11.8. The molecule has 3 N–H and O–H groups in total. The molecular formula is C26H38N2O7S. The van der Waals surface area contributed by atoms with E-state index >= 15 is 0 Å². The summed E-state index contributed by atoms with van der Waals surface area (Å²) in [5.74, 6) is 0.485. The van der Waals surface area contributed by atoms with E-state index in [0.717, 1.165) is 0 Å². The molecule has 0 bridgehead atoms. The SMILES string of the molecule is CCC(C)OCC(O)C(Cc1ccccc1)(NC(=O)OC(C)(C)C)NS(=O)(=O)c1ccc(OC)cc1. The smallest absolute Gasteiger partial charge is 0.409 e. The summed E-state index contributed by atoms with van der Waals surface area (Å²) in [6.45, 7) is 8.61. The Bertz CT molecular complexity index is 1070. The van der Waals surface area contributed by atoms with Crippen molar-refractivity contribution in [2.75, 3.05) is 13.7 Å². The number of carbonyl (C=O) groups excluding carboxylic acids is 1. The molecule has 1 amide bonds. The molecule has 0 heterocycles. The molecule has 0 saturated heterocycles. The van der Waals surface area contributed by atoms with Crippen molar-refractivity contribution >= 4 is 16.1 Å². The van der Waals surface area contributed by atoms with E-state index < -0.39 is 33.5 Å². The number of aliphatic hydroxyl groups is 1. The Morgan fingerprint density at radius 2 is 1.67 bits per heavy atom. The van der Waals surface area contributed by atoms with Crippen LogP contribution in [-0.2, 0) is 25.9 Å². The van der Waals surface area contributed by atoms with E-state index in [-0.39, 0.29) is 24.0 Å². The molecule has 0 aromatic heterocycles. The number of carbonyl (C=O) groups is 1. The van der Waals surface area contributed by atoms with E-state index in [9.17, 15) is 18.3 Å². The first kappa shape index (κ1) is 29.6. The Kier molecular flexibility index (Phi) is 10.3. The lowest BCUT2D eigenvalue weighted by Crippen LogP contribution is -2.69. The van der Waals surface area contributed by atoms with Crippen molar-refractivity contribution in [2.24, 2.45) is 0 Å². The second kappa shape index (κ2) is 12.5. The van der Waals surface area contributed by atoms with Crippen molar-refractivity contribution in [1.29, 1.82) is 0 Å². The second-order valence-corrected chi connectivity index (χ2v) is 11.3. The number of sulfonamides is 1. The fraction of sp³-hybridized carbons (Fsp3) is 0.500. The Morgan fingerprint density at radius 1 is 1.06 bits per heavy atom. The minimum atomic E-state index is -4.23. The van der Waals surface area contributed by atoms with E-state index in [1.165, 1.54) is 31.4 Å². The van der Waals surface area contributed by atoms with Crippen LogP contribution in [0.25, 0.3) is 0 Å². The standard InChI is InChI=1S/C26H38N2O7S/c1-7-19(2)34-18-23(29)26(17-20-11-9-8-10-12-20,27-24(30)35-25(3,4)5)28-36(31,32)22-15-13-21(33-6)14-16-22/h8-16,19,23,28-29H,7,17-18H2,1-6H3,(H,27,30). The number of rotatable bonds is 12. The van der Waals surface area contributed by atoms with Crippen LogP contribution in [0.2, 0.25) is 0 Å². The number of nitrogens with one attached hydrogen (secondary N) is 2. The third-order valence-corrected chi connectivity index (χ3v) is 6.94. The molecule has 0 aliphatic heterocycles. The van der Waals surface area contributed by atoms with Crippen LogP contribution >= 0.6 is 0 Å². The highest BCUT2D eigenvalue weighted by atomic mass is 32.2. The van der Waals surface area contributed by atoms with Gasteiger partial charge in [-0.05, 0) is 63.9 Å². The number of benzene rings is 2. The molecule has 9 nitrogen and oxygen atoms in total. The molecule has 36 heavy (non-hydrogen) atoms. The van der Waals surface area contributed by atoms with Crippen molar-refractivity contribution in [1.82, 2.24) is 10.0 Å². The second-order valence-electron chi connectivity index (χ2n) is 9.61. The minimum absolute atomic E-state index is 0.0678. The zero-order valence-electron chi connectivity index (χ0n) is 21.8. The average Bonchev–Trinajstić information content (AvgIpc) is 2.81. The fourth-order valence-corrected chi connectivity index (χ4v) is 4.70. The summed E-state index contributed by atoms with van der Waals surface area (Å²) in [5, 5.41) is 14.0. The quantitative estimate of drug-likeness (QED) is 0.364. The Hall–Kier alpha value is -2.66.